The number of ketones is 2. The average molecular weight is 647 g/mol. The number of carbonyl (C=O) groups is 2. The maximum atomic E-state index is 13.2. The van der Waals surface area contributed by atoms with Gasteiger partial charge in [0.25, 0.3) is 0 Å². The Balaban J connectivity index is 1.06. The van der Waals surface area contributed by atoms with Gasteiger partial charge in [-0.15, -0.1) is 0 Å². The second kappa shape index (κ2) is 11.7. The van der Waals surface area contributed by atoms with Gasteiger partial charge in [-0.2, -0.15) is 0 Å². The molecular formula is C38H62O6S. The number of rotatable bonds is 10. The molecule has 0 unspecified atom stereocenters. The molecule has 6 aliphatic rings. The van der Waals surface area contributed by atoms with Crippen molar-refractivity contribution in [3.05, 3.63) is 0 Å². The molecule has 0 aromatic carbocycles. The first-order chi connectivity index (χ1) is 21.0. The number of hydrogen-bond acceptors (Lipinski definition) is 6. The summed E-state index contributed by atoms with van der Waals surface area (Å²) >= 11 is 0. The van der Waals surface area contributed by atoms with Gasteiger partial charge in [0.2, 0.25) is 0 Å². The zero-order chi connectivity index (χ0) is 32.7. The maximum Gasteiger partial charge on any atom is 0.158 e. The van der Waals surface area contributed by atoms with E-state index in [9.17, 15) is 28.2 Å². The molecule has 6 rings (SSSR count). The lowest BCUT2D eigenvalue weighted by Crippen LogP contribution is -2.62. The van der Waals surface area contributed by atoms with E-state index in [-0.39, 0.29) is 64.0 Å². The summed E-state index contributed by atoms with van der Waals surface area (Å²) in [4.78, 5) is 25.9. The Labute approximate surface area is 273 Å². The summed E-state index contributed by atoms with van der Waals surface area (Å²) in [7, 11) is -3.65. The summed E-state index contributed by atoms with van der Waals surface area (Å²) in [6.07, 6.45) is 11.9. The summed E-state index contributed by atoms with van der Waals surface area (Å²) < 4.78 is 26.5. The van der Waals surface area contributed by atoms with Crippen LogP contribution in [0, 0.1) is 69.0 Å². The smallest absolute Gasteiger partial charge is 0.158 e. The minimum Gasteiger partial charge on any atom is -0.393 e. The third-order valence-corrected chi connectivity index (χ3v) is 17.9. The fraction of sp³-hybridized carbons (Fsp3) is 0.947. The molecule has 256 valence electrons. The SMILES string of the molecule is CC[C@H]1[C@@H](O)[C@@H]2[C@H](CC[C@]3(C)[C@@H]([C@H](C)CCCC(=O)CS(=O)(=O)C[C@]45CC[C@H](CC4=O)C5(C)C)CC[C@@H]23)[C@@]2(C)CC[C@@H](O)C[C@@H]12. The average Bonchev–Trinajstić information content (AvgIpc) is 3.49. The third kappa shape index (κ3) is 5.25. The normalized spacial score (nSPS) is 47.6. The molecule has 0 radical (unpaired) electrons. The Morgan fingerprint density at radius 2 is 1.62 bits per heavy atom. The van der Waals surface area contributed by atoms with E-state index >= 15 is 0 Å². The Morgan fingerprint density at radius 1 is 0.933 bits per heavy atom. The number of aliphatic hydroxyl groups excluding tert-OH is 2. The highest BCUT2D eigenvalue weighted by molar-refractivity contribution is 7.92. The summed E-state index contributed by atoms with van der Waals surface area (Å²) in [5.41, 5.74) is -0.731. The van der Waals surface area contributed by atoms with E-state index in [0.717, 1.165) is 44.9 Å². The van der Waals surface area contributed by atoms with E-state index in [4.69, 9.17) is 0 Å². The van der Waals surface area contributed by atoms with Crippen molar-refractivity contribution in [2.45, 2.75) is 144 Å². The van der Waals surface area contributed by atoms with E-state index in [0.29, 0.717) is 54.8 Å². The molecule has 13 atom stereocenters. The summed E-state index contributed by atoms with van der Waals surface area (Å²) in [6.45, 7) is 13.6. The maximum absolute atomic E-state index is 13.2. The van der Waals surface area contributed by atoms with Crippen molar-refractivity contribution in [3.63, 3.8) is 0 Å². The van der Waals surface area contributed by atoms with Crippen LogP contribution in [0.15, 0.2) is 0 Å². The first kappa shape index (κ1) is 34.1. The zero-order valence-corrected chi connectivity index (χ0v) is 29.8. The van der Waals surface area contributed by atoms with Crippen LogP contribution in [0.5, 0.6) is 0 Å². The van der Waals surface area contributed by atoms with Crippen LogP contribution in [0.3, 0.4) is 0 Å². The Morgan fingerprint density at radius 3 is 2.27 bits per heavy atom. The number of fused-ring (bicyclic) bond motifs is 7. The summed E-state index contributed by atoms with van der Waals surface area (Å²) in [6, 6.07) is 0. The quantitative estimate of drug-likeness (QED) is 0.270. The predicted octanol–water partition coefficient (Wildman–Crippen LogP) is 6.80. The van der Waals surface area contributed by atoms with Crippen LogP contribution < -0.4 is 0 Å². The predicted molar refractivity (Wildman–Crippen MR) is 177 cm³/mol. The first-order valence-electron chi connectivity index (χ1n) is 18.6. The topological polar surface area (TPSA) is 109 Å². The molecule has 7 heteroatoms. The first-order valence-corrected chi connectivity index (χ1v) is 20.4. The lowest BCUT2D eigenvalue weighted by atomic mass is 9.41. The number of aliphatic hydroxyl groups is 2. The molecule has 6 fully saturated rings. The number of sulfone groups is 1. The van der Waals surface area contributed by atoms with Gasteiger partial charge < -0.3 is 10.2 Å². The van der Waals surface area contributed by atoms with Gasteiger partial charge in [-0.1, -0.05) is 54.4 Å². The van der Waals surface area contributed by atoms with Crippen molar-refractivity contribution in [1.82, 2.24) is 0 Å². The van der Waals surface area contributed by atoms with Crippen LogP contribution in [-0.2, 0) is 19.4 Å². The van der Waals surface area contributed by atoms with Gasteiger partial charge in [-0.05, 0) is 128 Å². The van der Waals surface area contributed by atoms with Crippen molar-refractivity contribution in [3.8, 4) is 0 Å². The highest BCUT2D eigenvalue weighted by atomic mass is 32.2. The van der Waals surface area contributed by atoms with Crippen LogP contribution in [0.4, 0.5) is 0 Å². The van der Waals surface area contributed by atoms with Crippen molar-refractivity contribution < 1.29 is 28.2 Å². The van der Waals surface area contributed by atoms with Crippen molar-refractivity contribution in [2.75, 3.05) is 11.5 Å². The number of carbonyl (C=O) groups excluding carboxylic acids is 2. The van der Waals surface area contributed by atoms with E-state index in [1.54, 1.807) is 0 Å². The molecule has 0 aromatic heterocycles. The van der Waals surface area contributed by atoms with E-state index in [2.05, 4.69) is 27.7 Å². The molecule has 6 nitrogen and oxygen atoms in total. The third-order valence-electron chi connectivity index (χ3n) is 16.3. The molecule has 0 spiro atoms. The van der Waals surface area contributed by atoms with Gasteiger partial charge in [-0.25, -0.2) is 8.42 Å². The molecule has 0 amide bonds. The minimum atomic E-state index is -3.65. The van der Waals surface area contributed by atoms with Crippen LogP contribution in [0.1, 0.15) is 131 Å². The van der Waals surface area contributed by atoms with Gasteiger partial charge >= 0.3 is 0 Å². The minimum absolute atomic E-state index is 0.0865. The summed E-state index contributed by atoms with van der Waals surface area (Å²) in [5, 5.41) is 22.5. The fourth-order valence-electron chi connectivity index (χ4n) is 13.6. The second-order valence-electron chi connectivity index (χ2n) is 18.2. The molecule has 45 heavy (non-hydrogen) atoms. The van der Waals surface area contributed by atoms with Gasteiger partial charge in [0.1, 0.15) is 17.3 Å². The van der Waals surface area contributed by atoms with Gasteiger partial charge in [0, 0.05) is 18.3 Å². The standard InChI is InChI=1S/C38H62O6S/c1-7-27-31-20-25(39)14-16-37(31,6)30-15-17-36(5)28(11-12-29(36)33(30)34(27)42)23(2)9-8-10-26(40)21-45(43,44)22-38-18-13-24(19-32(38)41)35(38,3)4/h23-25,27-31,33-34,39,42H,7-22H2,1-6H3/t23-,24-,25-,27-,28-,29+,30+,31+,33+,34-,36-,37-,38-/m1/s1. The molecule has 0 aromatic rings. The van der Waals surface area contributed by atoms with Crippen LogP contribution in [-0.4, -0.2) is 53.9 Å². The molecule has 0 saturated heterocycles. The lowest BCUT2D eigenvalue weighted by Gasteiger charge is -2.64. The highest BCUT2D eigenvalue weighted by Gasteiger charge is 2.66. The van der Waals surface area contributed by atoms with Crippen LogP contribution >= 0.6 is 0 Å². The zero-order valence-electron chi connectivity index (χ0n) is 29.0. The Hall–Kier alpha value is -0.790. The Bertz CT molecular complexity index is 1270. The molecule has 2 N–H and O–H groups in total. The van der Waals surface area contributed by atoms with Gasteiger partial charge in [0.15, 0.2) is 9.84 Å². The van der Waals surface area contributed by atoms with Crippen molar-refractivity contribution in [2.24, 2.45) is 69.0 Å². The number of hydrogen-bond donors (Lipinski definition) is 2. The molecule has 6 saturated carbocycles. The van der Waals surface area contributed by atoms with Crippen LogP contribution in [0.25, 0.3) is 0 Å². The lowest BCUT2D eigenvalue weighted by molar-refractivity contribution is -0.203. The van der Waals surface area contributed by atoms with E-state index in [1.165, 1.54) is 19.3 Å². The Kier molecular flexibility index (Phi) is 8.84. The largest absolute Gasteiger partial charge is 0.393 e. The molecule has 6 aliphatic carbocycles. The van der Waals surface area contributed by atoms with Crippen LogP contribution in [0.2, 0.25) is 0 Å². The van der Waals surface area contributed by atoms with E-state index in [1.807, 2.05) is 13.8 Å². The fourth-order valence-corrected chi connectivity index (χ4v) is 15.8. The molecule has 2 bridgehead atoms. The molecule has 0 aliphatic heterocycles. The van der Waals surface area contributed by atoms with E-state index < -0.39 is 21.0 Å². The second-order valence-corrected chi connectivity index (χ2v) is 20.3. The van der Waals surface area contributed by atoms with Gasteiger partial charge in [0.05, 0.1) is 18.0 Å². The van der Waals surface area contributed by atoms with Crippen molar-refractivity contribution >= 4 is 21.4 Å². The van der Waals surface area contributed by atoms with Gasteiger partial charge in [-0.3, -0.25) is 9.59 Å². The number of Topliss-reactive ketones (excluding diaryl/α,β-unsaturated/α-hetero) is 2. The van der Waals surface area contributed by atoms with Crippen molar-refractivity contribution in [1.29, 1.82) is 0 Å². The summed E-state index contributed by atoms with van der Waals surface area (Å²) in [5.74, 6) is 2.59. The highest BCUT2D eigenvalue weighted by Crippen LogP contribution is 2.70. The monoisotopic (exact) mass is 646 g/mol. The molecular weight excluding hydrogens is 584 g/mol. The molecule has 0 heterocycles.